The molecule has 0 saturated heterocycles. The lowest BCUT2D eigenvalue weighted by Gasteiger charge is -2.16. The standard InChI is InChI=1S/C25H23N3O/c1-18-15-19(2)28(27-18)21-8-6-10-23(17-21)29-22-9-5-7-20(16-22)25(12-13-25)24-11-3-4-14-26-24/h3-11,14-17H,12-13H2,1-2H3. The van der Waals surface area contributed by atoms with Gasteiger partial charge in [-0.1, -0.05) is 24.3 Å². The number of aryl methyl sites for hydroxylation is 2. The number of rotatable bonds is 5. The van der Waals surface area contributed by atoms with Crippen LogP contribution in [0.4, 0.5) is 0 Å². The molecule has 0 spiro atoms. The zero-order valence-electron chi connectivity index (χ0n) is 16.7. The molecule has 4 aromatic rings. The summed E-state index contributed by atoms with van der Waals surface area (Å²) in [4.78, 5) is 4.61. The van der Waals surface area contributed by atoms with Crippen LogP contribution in [0.25, 0.3) is 5.69 Å². The molecule has 0 amide bonds. The van der Waals surface area contributed by atoms with Crippen LogP contribution in [0, 0.1) is 13.8 Å². The maximum Gasteiger partial charge on any atom is 0.129 e. The molecular weight excluding hydrogens is 358 g/mol. The van der Waals surface area contributed by atoms with Gasteiger partial charge in [0.1, 0.15) is 11.5 Å². The van der Waals surface area contributed by atoms with Gasteiger partial charge in [-0.25, -0.2) is 4.68 Å². The van der Waals surface area contributed by atoms with Gasteiger partial charge in [-0.2, -0.15) is 5.10 Å². The second-order valence-corrected chi connectivity index (χ2v) is 7.76. The van der Waals surface area contributed by atoms with Crippen LogP contribution in [-0.2, 0) is 5.41 Å². The highest BCUT2D eigenvalue weighted by Gasteiger charge is 2.47. The zero-order valence-corrected chi connectivity index (χ0v) is 16.7. The van der Waals surface area contributed by atoms with Crippen molar-refractivity contribution in [3.63, 3.8) is 0 Å². The normalized spacial score (nSPS) is 14.6. The molecule has 0 unspecified atom stereocenters. The van der Waals surface area contributed by atoms with Gasteiger partial charge < -0.3 is 4.74 Å². The summed E-state index contributed by atoms with van der Waals surface area (Å²) in [5, 5.41) is 4.57. The second-order valence-electron chi connectivity index (χ2n) is 7.76. The molecule has 0 radical (unpaired) electrons. The Morgan fingerprint density at radius 3 is 2.34 bits per heavy atom. The van der Waals surface area contributed by atoms with Crippen LogP contribution in [0.1, 0.15) is 35.5 Å². The molecule has 4 heteroatoms. The molecule has 0 bridgehead atoms. The van der Waals surface area contributed by atoms with Crippen molar-refractivity contribution >= 4 is 0 Å². The number of benzene rings is 2. The first kappa shape index (κ1) is 17.7. The highest BCUT2D eigenvalue weighted by molar-refractivity contribution is 5.47. The van der Waals surface area contributed by atoms with Gasteiger partial charge in [-0.05, 0) is 74.7 Å². The number of hydrogen-bond donors (Lipinski definition) is 0. The average Bonchev–Trinajstić information content (AvgIpc) is 3.48. The van der Waals surface area contributed by atoms with E-state index in [4.69, 9.17) is 4.74 Å². The molecule has 5 rings (SSSR count). The number of ether oxygens (including phenoxy) is 1. The summed E-state index contributed by atoms with van der Waals surface area (Å²) in [5.41, 5.74) is 5.55. The van der Waals surface area contributed by atoms with Gasteiger partial charge in [0, 0.05) is 23.4 Å². The van der Waals surface area contributed by atoms with E-state index in [-0.39, 0.29) is 5.41 Å². The van der Waals surface area contributed by atoms with Crippen LogP contribution in [0.3, 0.4) is 0 Å². The Hall–Kier alpha value is -3.40. The van der Waals surface area contributed by atoms with Crippen LogP contribution in [0.15, 0.2) is 79.0 Å². The van der Waals surface area contributed by atoms with Crippen LogP contribution < -0.4 is 4.74 Å². The Labute approximate surface area is 170 Å². The van der Waals surface area contributed by atoms with Crippen molar-refractivity contribution in [3.05, 3.63) is 102 Å². The van der Waals surface area contributed by atoms with Crippen molar-refractivity contribution in [1.82, 2.24) is 14.8 Å². The maximum absolute atomic E-state index is 6.23. The van der Waals surface area contributed by atoms with E-state index in [9.17, 15) is 0 Å². The Balaban J connectivity index is 1.43. The fourth-order valence-electron chi connectivity index (χ4n) is 4.03. The van der Waals surface area contributed by atoms with Gasteiger partial charge in [0.25, 0.3) is 0 Å². The van der Waals surface area contributed by atoms with Crippen molar-refractivity contribution in [2.75, 3.05) is 0 Å². The Morgan fingerprint density at radius 2 is 1.66 bits per heavy atom. The summed E-state index contributed by atoms with van der Waals surface area (Å²) in [6.45, 7) is 4.06. The molecular formula is C25H23N3O. The van der Waals surface area contributed by atoms with E-state index in [0.717, 1.165) is 47.1 Å². The van der Waals surface area contributed by atoms with Crippen LogP contribution in [0.5, 0.6) is 11.5 Å². The molecule has 1 aliphatic carbocycles. The van der Waals surface area contributed by atoms with Gasteiger partial charge in [-0.15, -0.1) is 0 Å². The number of aromatic nitrogens is 3. The summed E-state index contributed by atoms with van der Waals surface area (Å²) >= 11 is 0. The number of pyridine rings is 1. The minimum Gasteiger partial charge on any atom is -0.457 e. The van der Waals surface area contributed by atoms with Crippen LogP contribution >= 0.6 is 0 Å². The van der Waals surface area contributed by atoms with E-state index in [1.807, 2.05) is 54.2 Å². The maximum atomic E-state index is 6.23. The average molecular weight is 381 g/mol. The first-order valence-electron chi connectivity index (χ1n) is 9.98. The highest BCUT2D eigenvalue weighted by atomic mass is 16.5. The van der Waals surface area contributed by atoms with Crippen LogP contribution in [-0.4, -0.2) is 14.8 Å². The van der Waals surface area contributed by atoms with Crippen molar-refractivity contribution in [2.45, 2.75) is 32.1 Å². The molecule has 29 heavy (non-hydrogen) atoms. The van der Waals surface area contributed by atoms with Gasteiger partial charge >= 0.3 is 0 Å². The lowest BCUT2D eigenvalue weighted by molar-refractivity contribution is 0.481. The topological polar surface area (TPSA) is 39.9 Å². The van der Waals surface area contributed by atoms with E-state index in [0.29, 0.717) is 0 Å². The quantitative estimate of drug-likeness (QED) is 0.441. The Morgan fingerprint density at radius 1 is 0.862 bits per heavy atom. The zero-order chi connectivity index (χ0) is 19.8. The fraction of sp³-hybridized carbons (Fsp3) is 0.200. The molecule has 2 aromatic carbocycles. The molecule has 0 atom stereocenters. The monoisotopic (exact) mass is 381 g/mol. The Kier molecular flexibility index (Phi) is 4.20. The van der Waals surface area contributed by atoms with E-state index in [1.54, 1.807) is 0 Å². The van der Waals surface area contributed by atoms with Gasteiger partial charge in [0.2, 0.25) is 0 Å². The SMILES string of the molecule is Cc1cc(C)n(-c2cccc(Oc3cccc(C4(c5ccccn5)CC4)c3)c2)n1. The lowest BCUT2D eigenvalue weighted by atomic mass is 9.92. The number of hydrogen-bond acceptors (Lipinski definition) is 3. The fourth-order valence-corrected chi connectivity index (χ4v) is 4.03. The van der Waals surface area contributed by atoms with Crippen molar-refractivity contribution in [3.8, 4) is 17.2 Å². The van der Waals surface area contributed by atoms with E-state index in [2.05, 4.69) is 53.4 Å². The molecule has 0 aliphatic heterocycles. The van der Waals surface area contributed by atoms with E-state index < -0.39 is 0 Å². The van der Waals surface area contributed by atoms with E-state index in [1.165, 1.54) is 5.56 Å². The minimum absolute atomic E-state index is 0.0339. The predicted octanol–water partition coefficient (Wildman–Crippen LogP) is 5.76. The van der Waals surface area contributed by atoms with Crippen molar-refractivity contribution in [2.24, 2.45) is 0 Å². The molecule has 144 valence electrons. The van der Waals surface area contributed by atoms with Gasteiger partial charge in [0.15, 0.2) is 0 Å². The highest BCUT2D eigenvalue weighted by Crippen LogP contribution is 2.53. The molecule has 2 heterocycles. The molecule has 4 nitrogen and oxygen atoms in total. The lowest BCUT2D eigenvalue weighted by Crippen LogP contribution is -2.10. The summed E-state index contributed by atoms with van der Waals surface area (Å²) in [5.74, 6) is 1.64. The minimum atomic E-state index is 0.0339. The first-order chi connectivity index (χ1) is 14.1. The van der Waals surface area contributed by atoms with Crippen LogP contribution in [0.2, 0.25) is 0 Å². The van der Waals surface area contributed by atoms with Crippen molar-refractivity contribution in [1.29, 1.82) is 0 Å². The van der Waals surface area contributed by atoms with Crippen molar-refractivity contribution < 1.29 is 4.74 Å². The summed E-state index contributed by atoms with van der Waals surface area (Å²) in [6.07, 6.45) is 4.13. The first-order valence-corrected chi connectivity index (χ1v) is 9.98. The second kappa shape index (κ2) is 6.89. The molecule has 2 aromatic heterocycles. The largest absolute Gasteiger partial charge is 0.457 e. The van der Waals surface area contributed by atoms with Gasteiger partial charge in [0.05, 0.1) is 17.1 Å². The smallest absolute Gasteiger partial charge is 0.129 e. The number of nitrogens with zero attached hydrogens (tertiary/aromatic N) is 3. The molecule has 1 fully saturated rings. The summed E-state index contributed by atoms with van der Waals surface area (Å²) in [6, 6.07) is 24.7. The van der Waals surface area contributed by atoms with Gasteiger partial charge in [-0.3, -0.25) is 4.98 Å². The summed E-state index contributed by atoms with van der Waals surface area (Å²) < 4.78 is 8.17. The third-order valence-corrected chi connectivity index (χ3v) is 5.60. The molecule has 0 N–H and O–H groups in total. The molecule has 1 saturated carbocycles. The van der Waals surface area contributed by atoms with E-state index >= 15 is 0 Å². The third-order valence-electron chi connectivity index (χ3n) is 5.60. The predicted molar refractivity (Wildman–Crippen MR) is 114 cm³/mol. The summed E-state index contributed by atoms with van der Waals surface area (Å²) in [7, 11) is 0. The molecule has 1 aliphatic rings. The third kappa shape index (κ3) is 3.31. The Bertz CT molecular complexity index is 1160.